The summed E-state index contributed by atoms with van der Waals surface area (Å²) in [6, 6.07) is 0. The van der Waals surface area contributed by atoms with Gasteiger partial charge in [-0.2, -0.15) is 0 Å². The van der Waals surface area contributed by atoms with Gasteiger partial charge in [0.25, 0.3) is 0 Å². The van der Waals surface area contributed by atoms with Gasteiger partial charge in [-0.1, -0.05) is 168 Å². The molecule has 0 saturated heterocycles. The van der Waals surface area contributed by atoms with Crippen LogP contribution in [0.1, 0.15) is 181 Å². The molecule has 0 rings (SSSR count). The van der Waals surface area contributed by atoms with Crippen LogP contribution in [0.5, 0.6) is 0 Å². The zero-order valence-corrected chi connectivity index (χ0v) is 22.3. The van der Waals surface area contributed by atoms with Crippen molar-refractivity contribution in [3.63, 3.8) is 0 Å². The van der Waals surface area contributed by atoms with Crippen molar-refractivity contribution in [3.05, 3.63) is 0 Å². The Kier molecular flexibility index (Phi) is 26.3. The van der Waals surface area contributed by atoms with E-state index >= 15 is 0 Å². The zero-order chi connectivity index (χ0) is 23.5. The first-order valence-electron chi connectivity index (χ1n) is 14.9. The summed E-state index contributed by atoms with van der Waals surface area (Å²) < 4.78 is 0. The fourth-order valence-corrected chi connectivity index (χ4v) is 4.86. The van der Waals surface area contributed by atoms with E-state index in [2.05, 4.69) is 6.92 Å². The number of hydrogen-bond acceptors (Lipinski definition) is 1. The highest BCUT2D eigenvalue weighted by atomic mass is 16.4. The summed E-state index contributed by atoms with van der Waals surface area (Å²) in [6.07, 6.45) is 35.4. The predicted molar refractivity (Wildman–Crippen MR) is 143 cm³/mol. The molecular formula is C30H60O2. The van der Waals surface area contributed by atoms with Gasteiger partial charge < -0.3 is 5.11 Å². The standard InChI is InChI=1S/C30H60O2/c1-3-5-6-7-8-9-10-11-12-13-14-15-16-17-18-19-20-21-22-23-24-25-26-27-28-29(4-2)30(31)32/h29H,3-28H2,1-2H3,(H,31,32). The minimum absolute atomic E-state index is 0.116. The molecule has 192 valence electrons. The molecule has 32 heavy (non-hydrogen) atoms. The fourth-order valence-electron chi connectivity index (χ4n) is 4.86. The Morgan fingerprint density at radius 2 is 0.719 bits per heavy atom. The summed E-state index contributed by atoms with van der Waals surface area (Å²) in [4.78, 5) is 11.0. The average molecular weight is 453 g/mol. The van der Waals surface area contributed by atoms with Gasteiger partial charge in [0.1, 0.15) is 0 Å². The van der Waals surface area contributed by atoms with Gasteiger partial charge >= 0.3 is 5.97 Å². The van der Waals surface area contributed by atoms with Crippen molar-refractivity contribution in [2.24, 2.45) is 5.92 Å². The van der Waals surface area contributed by atoms with Gasteiger partial charge in [0.2, 0.25) is 0 Å². The van der Waals surface area contributed by atoms with E-state index in [4.69, 9.17) is 5.11 Å². The number of rotatable bonds is 27. The summed E-state index contributed by atoms with van der Waals surface area (Å²) >= 11 is 0. The summed E-state index contributed by atoms with van der Waals surface area (Å²) in [5.41, 5.74) is 0. The lowest BCUT2D eigenvalue weighted by atomic mass is 9.98. The number of unbranched alkanes of at least 4 members (excludes halogenated alkanes) is 23. The first-order valence-corrected chi connectivity index (χ1v) is 14.9. The Labute approximate surface area is 202 Å². The molecule has 0 aromatic rings. The van der Waals surface area contributed by atoms with Crippen molar-refractivity contribution in [2.75, 3.05) is 0 Å². The van der Waals surface area contributed by atoms with E-state index < -0.39 is 5.97 Å². The van der Waals surface area contributed by atoms with E-state index in [1.165, 1.54) is 148 Å². The maximum Gasteiger partial charge on any atom is 0.306 e. The Morgan fingerprint density at radius 1 is 0.469 bits per heavy atom. The lowest BCUT2D eigenvalue weighted by molar-refractivity contribution is -0.142. The third kappa shape index (κ3) is 24.1. The maximum atomic E-state index is 11.0. The lowest BCUT2D eigenvalue weighted by Crippen LogP contribution is -2.12. The smallest absolute Gasteiger partial charge is 0.306 e. The Morgan fingerprint density at radius 3 is 0.938 bits per heavy atom. The van der Waals surface area contributed by atoms with Crippen LogP contribution >= 0.6 is 0 Å². The van der Waals surface area contributed by atoms with E-state index in [1.807, 2.05) is 6.92 Å². The summed E-state index contributed by atoms with van der Waals surface area (Å²) in [6.45, 7) is 4.28. The van der Waals surface area contributed by atoms with Gasteiger partial charge in [-0.05, 0) is 12.8 Å². The molecule has 0 bridgehead atoms. The fraction of sp³-hybridized carbons (Fsp3) is 0.967. The Balaban J connectivity index is 3.09. The predicted octanol–water partition coefficient (Wildman–Crippen LogP) is 10.9. The van der Waals surface area contributed by atoms with E-state index in [9.17, 15) is 4.79 Å². The van der Waals surface area contributed by atoms with E-state index in [0.29, 0.717) is 0 Å². The van der Waals surface area contributed by atoms with Crippen LogP contribution in [0, 0.1) is 5.92 Å². The third-order valence-corrected chi connectivity index (χ3v) is 7.25. The van der Waals surface area contributed by atoms with Gasteiger partial charge in [-0.3, -0.25) is 4.79 Å². The quantitative estimate of drug-likeness (QED) is 0.126. The molecule has 0 radical (unpaired) electrons. The second-order valence-corrected chi connectivity index (χ2v) is 10.4. The first-order chi connectivity index (χ1) is 15.7. The van der Waals surface area contributed by atoms with Crippen molar-refractivity contribution < 1.29 is 9.90 Å². The molecule has 0 aliphatic heterocycles. The maximum absolute atomic E-state index is 11.0. The van der Waals surface area contributed by atoms with Crippen LogP contribution in [0.15, 0.2) is 0 Å². The minimum Gasteiger partial charge on any atom is -0.481 e. The molecule has 0 aliphatic carbocycles. The van der Waals surface area contributed by atoms with Crippen LogP contribution in [0.25, 0.3) is 0 Å². The second kappa shape index (κ2) is 26.7. The summed E-state index contributed by atoms with van der Waals surface area (Å²) in [5, 5.41) is 9.06. The normalized spacial score (nSPS) is 12.3. The van der Waals surface area contributed by atoms with Crippen LogP contribution in [0.2, 0.25) is 0 Å². The van der Waals surface area contributed by atoms with Crippen molar-refractivity contribution in [1.29, 1.82) is 0 Å². The minimum atomic E-state index is -0.610. The molecule has 0 aliphatic rings. The highest BCUT2D eigenvalue weighted by molar-refractivity contribution is 5.69. The number of hydrogen-bond donors (Lipinski definition) is 1. The first kappa shape index (κ1) is 31.5. The van der Waals surface area contributed by atoms with Crippen LogP contribution < -0.4 is 0 Å². The SMILES string of the molecule is CCCCCCCCCCCCCCCCCCCCCCCCCCC(CC)C(=O)O. The summed E-state index contributed by atoms with van der Waals surface area (Å²) in [5.74, 6) is -0.726. The van der Waals surface area contributed by atoms with Gasteiger partial charge in [-0.25, -0.2) is 0 Å². The van der Waals surface area contributed by atoms with Gasteiger partial charge in [-0.15, -0.1) is 0 Å². The molecule has 0 fully saturated rings. The molecule has 0 amide bonds. The van der Waals surface area contributed by atoms with Gasteiger partial charge in [0.05, 0.1) is 5.92 Å². The third-order valence-electron chi connectivity index (χ3n) is 7.25. The molecule has 1 atom stereocenters. The van der Waals surface area contributed by atoms with Gasteiger partial charge in [0, 0.05) is 0 Å². The monoisotopic (exact) mass is 452 g/mol. The molecule has 0 heterocycles. The Bertz CT molecular complexity index is 366. The van der Waals surface area contributed by atoms with Crippen LogP contribution in [-0.2, 0) is 4.79 Å². The molecule has 0 saturated carbocycles. The molecule has 0 aromatic carbocycles. The molecule has 1 N–H and O–H groups in total. The highest BCUT2D eigenvalue weighted by Crippen LogP contribution is 2.17. The van der Waals surface area contributed by atoms with E-state index in [1.54, 1.807) is 0 Å². The largest absolute Gasteiger partial charge is 0.481 e. The average Bonchev–Trinajstić information content (AvgIpc) is 2.79. The molecule has 2 heteroatoms. The molecule has 0 spiro atoms. The van der Waals surface area contributed by atoms with E-state index in [0.717, 1.165) is 19.3 Å². The lowest BCUT2D eigenvalue weighted by Gasteiger charge is -2.08. The molecular weight excluding hydrogens is 392 g/mol. The van der Waals surface area contributed by atoms with Crippen LogP contribution in [-0.4, -0.2) is 11.1 Å². The van der Waals surface area contributed by atoms with E-state index in [-0.39, 0.29) is 5.92 Å². The van der Waals surface area contributed by atoms with Crippen molar-refractivity contribution in [1.82, 2.24) is 0 Å². The number of carboxylic acid groups (broad SMARTS) is 1. The summed E-state index contributed by atoms with van der Waals surface area (Å²) in [7, 11) is 0. The van der Waals surface area contributed by atoms with Crippen molar-refractivity contribution in [3.8, 4) is 0 Å². The van der Waals surface area contributed by atoms with Crippen LogP contribution in [0.3, 0.4) is 0 Å². The van der Waals surface area contributed by atoms with Crippen LogP contribution in [0.4, 0.5) is 0 Å². The van der Waals surface area contributed by atoms with Gasteiger partial charge in [0.15, 0.2) is 0 Å². The Hall–Kier alpha value is -0.530. The topological polar surface area (TPSA) is 37.3 Å². The number of carboxylic acids is 1. The zero-order valence-electron chi connectivity index (χ0n) is 22.3. The second-order valence-electron chi connectivity index (χ2n) is 10.4. The van der Waals surface area contributed by atoms with Crippen molar-refractivity contribution >= 4 is 5.97 Å². The number of aliphatic carboxylic acids is 1. The molecule has 2 nitrogen and oxygen atoms in total. The molecule has 0 aromatic heterocycles. The van der Waals surface area contributed by atoms with Crippen molar-refractivity contribution in [2.45, 2.75) is 181 Å². The molecule has 1 unspecified atom stereocenters. The number of carbonyl (C=O) groups is 1. The highest BCUT2D eigenvalue weighted by Gasteiger charge is 2.13.